The summed E-state index contributed by atoms with van der Waals surface area (Å²) in [5.74, 6) is -0.105. The van der Waals surface area contributed by atoms with E-state index in [9.17, 15) is 15.2 Å². The molecule has 166 valence electrons. The molecule has 0 radical (unpaired) electrons. The third-order valence-corrected chi connectivity index (χ3v) is 5.89. The predicted molar refractivity (Wildman–Crippen MR) is 123 cm³/mol. The summed E-state index contributed by atoms with van der Waals surface area (Å²) in [5.41, 5.74) is 3.59. The topological polar surface area (TPSA) is 107 Å². The Bertz CT molecular complexity index is 1270. The van der Waals surface area contributed by atoms with Crippen molar-refractivity contribution in [3.05, 3.63) is 65.5 Å². The van der Waals surface area contributed by atoms with Gasteiger partial charge in [-0.25, -0.2) is 9.67 Å². The number of nitriles is 1. The Morgan fingerprint density at radius 3 is 2.33 bits per heavy atom. The molecule has 0 bridgehead atoms. The molecule has 33 heavy (non-hydrogen) atoms. The molecule has 1 amide bonds. The van der Waals surface area contributed by atoms with Crippen molar-refractivity contribution in [3.63, 3.8) is 0 Å². The lowest BCUT2D eigenvalue weighted by atomic mass is 10.0. The summed E-state index contributed by atoms with van der Waals surface area (Å²) in [6.07, 6.45) is 1.47. The van der Waals surface area contributed by atoms with E-state index in [2.05, 4.69) is 16.2 Å². The number of hydrogen-bond acceptors (Lipinski definition) is 7. The zero-order chi connectivity index (χ0) is 22.9. The molecule has 2 aliphatic heterocycles. The number of carbonyl (C=O) groups is 1. The molecule has 0 aliphatic carbocycles. The second-order valence-corrected chi connectivity index (χ2v) is 7.81. The van der Waals surface area contributed by atoms with Gasteiger partial charge < -0.3 is 14.7 Å². The molecule has 2 aromatic carbocycles. The van der Waals surface area contributed by atoms with Crippen LogP contribution >= 0.6 is 0 Å². The smallest absolute Gasteiger partial charge is 0.291 e. The second-order valence-electron chi connectivity index (χ2n) is 7.81. The van der Waals surface area contributed by atoms with Crippen LogP contribution in [-0.4, -0.2) is 53.6 Å². The highest BCUT2D eigenvalue weighted by molar-refractivity contribution is 6.08. The number of benzene rings is 2. The molecular weight excluding hydrogens is 420 g/mol. The number of aromatic hydroxyl groups is 1. The zero-order valence-electron chi connectivity index (χ0n) is 18.1. The van der Waals surface area contributed by atoms with Crippen molar-refractivity contribution < 1.29 is 14.6 Å². The first kappa shape index (κ1) is 20.6. The average molecular weight is 442 g/mol. The number of phenolic OH excluding ortho intramolecular Hbond substituents is 1. The first-order valence-electron chi connectivity index (χ1n) is 10.7. The van der Waals surface area contributed by atoms with Crippen LogP contribution in [0.5, 0.6) is 5.75 Å². The van der Waals surface area contributed by atoms with E-state index in [4.69, 9.17) is 4.74 Å². The quantitative estimate of drug-likeness (QED) is 0.668. The number of amides is 1. The van der Waals surface area contributed by atoms with Gasteiger partial charge in [-0.05, 0) is 61.4 Å². The van der Waals surface area contributed by atoms with E-state index in [-0.39, 0.29) is 17.4 Å². The first-order chi connectivity index (χ1) is 16.1. The molecule has 2 aliphatic rings. The van der Waals surface area contributed by atoms with Crippen molar-refractivity contribution >= 4 is 23.3 Å². The fourth-order valence-electron chi connectivity index (χ4n) is 4.29. The number of carbonyl (C=O) groups excluding carboxylic acids is 1. The zero-order valence-corrected chi connectivity index (χ0v) is 18.1. The van der Waals surface area contributed by atoms with Gasteiger partial charge in [0.05, 0.1) is 12.8 Å². The minimum Gasteiger partial charge on any atom is -0.508 e. The van der Waals surface area contributed by atoms with Gasteiger partial charge in [0.15, 0.2) is 5.69 Å². The summed E-state index contributed by atoms with van der Waals surface area (Å²) in [6.45, 7) is 2.03. The van der Waals surface area contributed by atoms with Crippen molar-refractivity contribution in [1.82, 2.24) is 9.78 Å². The van der Waals surface area contributed by atoms with Gasteiger partial charge in [0.2, 0.25) is 0 Å². The summed E-state index contributed by atoms with van der Waals surface area (Å²) in [6, 6.07) is 16.8. The third kappa shape index (κ3) is 3.55. The summed E-state index contributed by atoms with van der Waals surface area (Å²) < 4.78 is 6.89. The molecule has 0 atom stereocenters. The Balaban J connectivity index is 1.48. The van der Waals surface area contributed by atoms with Crippen molar-refractivity contribution in [2.24, 2.45) is 4.99 Å². The van der Waals surface area contributed by atoms with E-state index in [1.54, 1.807) is 24.1 Å². The summed E-state index contributed by atoms with van der Waals surface area (Å²) in [5, 5.41) is 23.5. The maximum absolute atomic E-state index is 13.5. The number of fused-ring (bicyclic) bond motifs is 1. The molecule has 5 rings (SSSR count). The number of nitrogens with zero attached hydrogens (tertiary/aromatic N) is 6. The minimum absolute atomic E-state index is 0.115. The molecule has 1 N–H and O–H groups in total. The van der Waals surface area contributed by atoms with Crippen LogP contribution < -0.4 is 9.80 Å². The Morgan fingerprint density at radius 2 is 1.67 bits per heavy atom. The van der Waals surface area contributed by atoms with Crippen LogP contribution in [0.2, 0.25) is 0 Å². The van der Waals surface area contributed by atoms with Gasteiger partial charge in [-0.3, -0.25) is 9.69 Å². The van der Waals surface area contributed by atoms with Gasteiger partial charge in [0.1, 0.15) is 17.5 Å². The highest BCUT2D eigenvalue weighted by Gasteiger charge is 2.33. The van der Waals surface area contributed by atoms with Crippen LogP contribution in [0, 0.1) is 11.3 Å². The van der Waals surface area contributed by atoms with Gasteiger partial charge in [0, 0.05) is 36.6 Å². The number of rotatable bonds is 3. The number of hydrogen-bond donors (Lipinski definition) is 1. The molecule has 0 spiro atoms. The predicted octanol–water partition coefficient (Wildman–Crippen LogP) is 2.86. The number of methoxy groups -OCH3 is 1. The number of anilines is 2. The van der Waals surface area contributed by atoms with Crippen molar-refractivity contribution in [2.45, 2.75) is 12.8 Å². The lowest BCUT2D eigenvalue weighted by Crippen LogP contribution is -2.39. The number of ether oxygens (including phenoxy) is 1. The van der Waals surface area contributed by atoms with Crippen molar-refractivity contribution in [2.75, 3.05) is 36.5 Å². The minimum atomic E-state index is -0.219. The van der Waals surface area contributed by atoms with Gasteiger partial charge in [-0.15, -0.1) is 0 Å². The summed E-state index contributed by atoms with van der Waals surface area (Å²) in [4.78, 5) is 21.7. The van der Waals surface area contributed by atoms with Crippen LogP contribution in [0.1, 0.15) is 28.2 Å². The molecule has 9 heteroatoms. The molecule has 1 aromatic heterocycles. The van der Waals surface area contributed by atoms with E-state index >= 15 is 0 Å². The lowest BCUT2D eigenvalue weighted by Gasteiger charge is -2.30. The maximum Gasteiger partial charge on any atom is 0.291 e. The van der Waals surface area contributed by atoms with Crippen molar-refractivity contribution in [1.29, 1.82) is 5.26 Å². The van der Waals surface area contributed by atoms with Crippen LogP contribution in [-0.2, 0) is 11.2 Å². The van der Waals surface area contributed by atoms with E-state index in [0.29, 0.717) is 35.9 Å². The monoisotopic (exact) mass is 442 g/mol. The highest BCUT2D eigenvalue weighted by Crippen LogP contribution is 2.30. The highest BCUT2D eigenvalue weighted by atomic mass is 16.5. The molecule has 0 saturated heterocycles. The van der Waals surface area contributed by atoms with Crippen LogP contribution in [0.15, 0.2) is 53.5 Å². The van der Waals surface area contributed by atoms with Gasteiger partial charge in [-0.2, -0.15) is 10.4 Å². The van der Waals surface area contributed by atoms with Gasteiger partial charge in [0.25, 0.3) is 11.9 Å². The van der Waals surface area contributed by atoms with E-state index < -0.39 is 0 Å². The fraction of sp³-hybridized carbons (Fsp3) is 0.250. The number of aliphatic imine (C=N–C) groups is 1. The second kappa shape index (κ2) is 8.31. The van der Waals surface area contributed by atoms with Crippen molar-refractivity contribution in [3.8, 4) is 17.5 Å². The summed E-state index contributed by atoms with van der Waals surface area (Å²) >= 11 is 0. The standard InChI is InChI=1S/C24H22N6O3/c1-33-24-26-12-2-13-29(24)17-5-3-16(4-6-17)28-14-11-20-21(15-25)27-30(22(20)23(28)32)18-7-9-19(31)10-8-18/h3-10,31H,2,11-14H2,1H3. The normalized spacial score (nSPS) is 15.6. The Labute approximate surface area is 190 Å². The van der Waals surface area contributed by atoms with Crippen LogP contribution in [0.25, 0.3) is 5.69 Å². The molecule has 0 unspecified atom stereocenters. The average Bonchev–Trinajstić information content (AvgIpc) is 3.24. The Hall–Kier alpha value is -4.32. The van der Waals surface area contributed by atoms with E-state index in [1.807, 2.05) is 29.2 Å². The maximum atomic E-state index is 13.5. The lowest BCUT2D eigenvalue weighted by molar-refractivity contribution is 0.0973. The molecule has 0 fully saturated rings. The largest absolute Gasteiger partial charge is 0.508 e. The van der Waals surface area contributed by atoms with E-state index in [0.717, 1.165) is 30.9 Å². The van der Waals surface area contributed by atoms with Gasteiger partial charge >= 0.3 is 0 Å². The molecular formula is C24H22N6O3. The molecule has 3 aromatic rings. The van der Waals surface area contributed by atoms with E-state index in [1.165, 1.54) is 16.8 Å². The Morgan fingerprint density at radius 1 is 1.00 bits per heavy atom. The number of aromatic nitrogens is 2. The number of amidine groups is 1. The van der Waals surface area contributed by atoms with Crippen LogP contribution in [0.3, 0.4) is 0 Å². The third-order valence-electron chi connectivity index (χ3n) is 5.89. The number of phenols is 1. The molecule has 3 heterocycles. The first-order valence-corrected chi connectivity index (χ1v) is 10.7. The summed E-state index contributed by atoms with van der Waals surface area (Å²) in [7, 11) is 1.61. The fourth-order valence-corrected chi connectivity index (χ4v) is 4.29. The SMILES string of the molecule is COC1=NCCCN1c1ccc(N2CCc3c(C#N)nn(-c4ccc(O)cc4)c3C2=O)cc1. The van der Waals surface area contributed by atoms with Crippen LogP contribution in [0.4, 0.5) is 11.4 Å². The Kier molecular flexibility index (Phi) is 5.18. The van der Waals surface area contributed by atoms with Gasteiger partial charge in [-0.1, -0.05) is 0 Å². The molecule has 9 nitrogen and oxygen atoms in total. The molecule has 0 saturated carbocycles.